The van der Waals surface area contributed by atoms with Gasteiger partial charge in [-0.05, 0) is 25.3 Å². The van der Waals surface area contributed by atoms with Crippen molar-refractivity contribution in [3.05, 3.63) is 23.8 Å². The van der Waals surface area contributed by atoms with E-state index in [2.05, 4.69) is 19.1 Å². The molecule has 0 heterocycles. The predicted molar refractivity (Wildman–Crippen MR) is 48.8 cm³/mol. The zero-order valence-electron chi connectivity index (χ0n) is 7.47. The van der Waals surface area contributed by atoms with E-state index in [0.29, 0.717) is 0 Å². The van der Waals surface area contributed by atoms with Crippen LogP contribution in [0.3, 0.4) is 0 Å². The Hall–Kier alpha value is -0.850. The first kappa shape index (κ1) is 7.78. The van der Waals surface area contributed by atoms with Crippen LogP contribution in [-0.4, -0.2) is 5.78 Å². The molecule has 2 rings (SSSR count). The standard InChI is InChI=1S/C11H14O/c1-11-7-4-2-3-5-9(11)10(12)6-8-11/h5-6,8H,2-4,7H2,1H3. The van der Waals surface area contributed by atoms with Crippen LogP contribution < -0.4 is 0 Å². The van der Waals surface area contributed by atoms with E-state index in [1.165, 1.54) is 12.8 Å². The van der Waals surface area contributed by atoms with E-state index in [1.54, 1.807) is 6.08 Å². The van der Waals surface area contributed by atoms with E-state index in [9.17, 15) is 4.79 Å². The number of allylic oxidation sites excluding steroid dienone is 4. The van der Waals surface area contributed by atoms with Crippen LogP contribution in [0.5, 0.6) is 0 Å². The van der Waals surface area contributed by atoms with Crippen molar-refractivity contribution < 1.29 is 4.79 Å². The summed E-state index contributed by atoms with van der Waals surface area (Å²) in [4.78, 5) is 11.4. The minimum atomic E-state index is 0.0770. The Morgan fingerprint density at radius 1 is 1.42 bits per heavy atom. The van der Waals surface area contributed by atoms with Gasteiger partial charge in [-0.15, -0.1) is 0 Å². The molecule has 0 fully saturated rings. The number of hydrogen-bond acceptors (Lipinski definition) is 1. The highest BCUT2D eigenvalue weighted by Crippen LogP contribution is 2.41. The molecule has 0 N–H and O–H groups in total. The fourth-order valence-corrected chi connectivity index (χ4v) is 2.16. The Kier molecular flexibility index (Phi) is 1.67. The first-order valence-electron chi connectivity index (χ1n) is 4.67. The molecule has 64 valence electrons. The van der Waals surface area contributed by atoms with Gasteiger partial charge in [0.05, 0.1) is 0 Å². The Balaban J connectivity index is 2.38. The van der Waals surface area contributed by atoms with Crippen molar-refractivity contribution >= 4 is 5.78 Å². The second-order valence-corrected chi connectivity index (χ2v) is 3.98. The number of carbonyl (C=O) groups is 1. The highest BCUT2D eigenvalue weighted by atomic mass is 16.1. The Morgan fingerprint density at radius 2 is 2.25 bits per heavy atom. The molecule has 1 heteroatoms. The molecular formula is C11H14O. The van der Waals surface area contributed by atoms with Gasteiger partial charge in [0.25, 0.3) is 0 Å². The zero-order valence-corrected chi connectivity index (χ0v) is 7.47. The molecular weight excluding hydrogens is 148 g/mol. The van der Waals surface area contributed by atoms with Crippen molar-refractivity contribution in [2.75, 3.05) is 0 Å². The molecule has 0 radical (unpaired) electrons. The molecule has 0 aromatic heterocycles. The van der Waals surface area contributed by atoms with Crippen molar-refractivity contribution in [2.45, 2.75) is 32.6 Å². The molecule has 0 aromatic rings. The van der Waals surface area contributed by atoms with Crippen molar-refractivity contribution in [2.24, 2.45) is 5.41 Å². The average molecular weight is 162 g/mol. The highest BCUT2D eigenvalue weighted by Gasteiger charge is 2.34. The van der Waals surface area contributed by atoms with Gasteiger partial charge in [0, 0.05) is 11.0 Å². The maximum absolute atomic E-state index is 11.4. The second kappa shape index (κ2) is 2.58. The van der Waals surface area contributed by atoms with Crippen molar-refractivity contribution in [3.8, 4) is 0 Å². The Labute approximate surface area is 73.2 Å². The first-order chi connectivity index (χ1) is 5.72. The Bertz CT molecular complexity index is 273. The van der Waals surface area contributed by atoms with Crippen LogP contribution in [0.1, 0.15) is 32.6 Å². The van der Waals surface area contributed by atoms with E-state index in [4.69, 9.17) is 0 Å². The summed E-state index contributed by atoms with van der Waals surface area (Å²) in [6.45, 7) is 2.17. The van der Waals surface area contributed by atoms with Gasteiger partial charge in [-0.25, -0.2) is 0 Å². The molecule has 0 aliphatic heterocycles. The van der Waals surface area contributed by atoms with Crippen molar-refractivity contribution in [1.82, 2.24) is 0 Å². The van der Waals surface area contributed by atoms with Gasteiger partial charge < -0.3 is 0 Å². The Morgan fingerprint density at radius 3 is 3.08 bits per heavy atom. The van der Waals surface area contributed by atoms with Crippen LogP contribution in [0.25, 0.3) is 0 Å². The summed E-state index contributed by atoms with van der Waals surface area (Å²) in [6.07, 6.45) is 10.6. The van der Waals surface area contributed by atoms with Crippen LogP contribution in [0.2, 0.25) is 0 Å². The molecule has 0 bridgehead atoms. The lowest BCUT2D eigenvalue weighted by molar-refractivity contribution is -0.111. The smallest absolute Gasteiger partial charge is 0.182 e. The van der Waals surface area contributed by atoms with Gasteiger partial charge in [0.15, 0.2) is 5.78 Å². The van der Waals surface area contributed by atoms with Gasteiger partial charge in [-0.1, -0.05) is 25.5 Å². The quantitative estimate of drug-likeness (QED) is 0.535. The number of carbonyl (C=O) groups excluding carboxylic acids is 1. The maximum Gasteiger partial charge on any atom is 0.182 e. The molecule has 1 atom stereocenters. The van der Waals surface area contributed by atoms with Crippen LogP contribution in [0.4, 0.5) is 0 Å². The van der Waals surface area contributed by atoms with E-state index < -0.39 is 0 Å². The third-order valence-corrected chi connectivity index (χ3v) is 2.98. The van der Waals surface area contributed by atoms with E-state index >= 15 is 0 Å². The predicted octanol–water partition coefficient (Wildman–Crippen LogP) is 2.63. The molecule has 2 aliphatic rings. The largest absolute Gasteiger partial charge is 0.290 e. The molecule has 0 aromatic carbocycles. The summed E-state index contributed by atoms with van der Waals surface area (Å²) in [7, 11) is 0. The second-order valence-electron chi connectivity index (χ2n) is 3.98. The normalized spacial score (nSPS) is 34.4. The first-order valence-corrected chi connectivity index (χ1v) is 4.67. The minimum absolute atomic E-state index is 0.0770. The molecule has 12 heavy (non-hydrogen) atoms. The van der Waals surface area contributed by atoms with E-state index in [0.717, 1.165) is 18.4 Å². The summed E-state index contributed by atoms with van der Waals surface area (Å²) in [5.41, 5.74) is 1.12. The lowest BCUT2D eigenvalue weighted by Crippen LogP contribution is -2.14. The highest BCUT2D eigenvalue weighted by molar-refractivity contribution is 6.08. The molecule has 0 saturated heterocycles. The summed E-state index contributed by atoms with van der Waals surface area (Å²) >= 11 is 0. The summed E-state index contributed by atoms with van der Waals surface area (Å²) < 4.78 is 0. The summed E-state index contributed by atoms with van der Waals surface area (Å²) in [6, 6.07) is 0. The van der Waals surface area contributed by atoms with Crippen LogP contribution in [0, 0.1) is 5.41 Å². The fraction of sp³-hybridized carbons (Fsp3) is 0.545. The lowest BCUT2D eigenvalue weighted by atomic mass is 9.82. The lowest BCUT2D eigenvalue weighted by Gasteiger charge is -2.21. The monoisotopic (exact) mass is 162 g/mol. The van der Waals surface area contributed by atoms with Gasteiger partial charge in [0.2, 0.25) is 0 Å². The number of hydrogen-bond donors (Lipinski definition) is 0. The fourth-order valence-electron chi connectivity index (χ4n) is 2.16. The van der Waals surface area contributed by atoms with E-state index in [-0.39, 0.29) is 11.2 Å². The van der Waals surface area contributed by atoms with Gasteiger partial charge >= 0.3 is 0 Å². The molecule has 0 saturated carbocycles. The third-order valence-electron chi connectivity index (χ3n) is 2.98. The molecule has 1 nitrogen and oxygen atoms in total. The van der Waals surface area contributed by atoms with E-state index in [1.807, 2.05) is 0 Å². The third kappa shape index (κ3) is 1.04. The van der Waals surface area contributed by atoms with Gasteiger partial charge in [-0.3, -0.25) is 4.79 Å². The summed E-state index contributed by atoms with van der Waals surface area (Å²) in [5, 5.41) is 0. The van der Waals surface area contributed by atoms with Gasteiger partial charge in [0.1, 0.15) is 0 Å². The number of rotatable bonds is 0. The number of ketones is 1. The van der Waals surface area contributed by atoms with Crippen LogP contribution in [-0.2, 0) is 4.79 Å². The number of fused-ring (bicyclic) bond motifs is 1. The molecule has 0 amide bonds. The molecule has 2 aliphatic carbocycles. The zero-order chi connectivity index (χ0) is 8.60. The molecule has 0 spiro atoms. The maximum atomic E-state index is 11.4. The van der Waals surface area contributed by atoms with Crippen molar-refractivity contribution in [3.63, 3.8) is 0 Å². The average Bonchev–Trinajstić information content (AvgIpc) is 2.24. The van der Waals surface area contributed by atoms with Crippen LogP contribution in [0.15, 0.2) is 23.8 Å². The summed E-state index contributed by atoms with van der Waals surface area (Å²) in [5.74, 6) is 0.236. The SMILES string of the molecule is CC12C=CC(=O)C1=CCCCC2. The van der Waals surface area contributed by atoms with Crippen molar-refractivity contribution in [1.29, 1.82) is 0 Å². The van der Waals surface area contributed by atoms with Gasteiger partial charge in [-0.2, -0.15) is 0 Å². The topological polar surface area (TPSA) is 17.1 Å². The molecule has 1 unspecified atom stereocenters. The van der Waals surface area contributed by atoms with Crippen LogP contribution >= 0.6 is 0 Å². The minimum Gasteiger partial charge on any atom is -0.290 e.